The minimum Gasteiger partial charge on any atom is -0.482 e. The van der Waals surface area contributed by atoms with Crippen molar-refractivity contribution in [3.05, 3.63) is 29.3 Å². The van der Waals surface area contributed by atoms with Gasteiger partial charge in [-0.05, 0) is 12.1 Å². The first-order valence-electron chi connectivity index (χ1n) is 4.78. The van der Waals surface area contributed by atoms with Crippen molar-refractivity contribution in [3.63, 3.8) is 0 Å². The Hall–Kier alpha value is -1.79. The molecule has 0 fully saturated rings. The quantitative estimate of drug-likeness (QED) is 0.653. The number of hydrogen-bond donors (Lipinski definition) is 3. The number of hydrazine groups is 1. The molecule has 2 amide bonds. The standard InChI is InChI=1S/C10H12ClN3O3/c11-7-3-1-2-4-8(7)17-6-10(16)14-13-9(15)5-12/h1-4H,5-6,12H2,(H,13,15)(H,14,16). The molecule has 0 atom stereocenters. The number of amides is 2. The Balaban J connectivity index is 2.34. The lowest BCUT2D eigenvalue weighted by Crippen LogP contribution is -2.46. The van der Waals surface area contributed by atoms with Crippen LogP contribution in [0.4, 0.5) is 0 Å². The van der Waals surface area contributed by atoms with Crippen molar-refractivity contribution in [2.75, 3.05) is 13.2 Å². The van der Waals surface area contributed by atoms with Crippen molar-refractivity contribution in [2.45, 2.75) is 0 Å². The molecule has 7 heteroatoms. The van der Waals surface area contributed by atoms with Crippen molar-refractivity contribution >= 4 is 23.4 Å². The Morgan fingerprint density at radius 1 is 1.24 bits per heavy atom. The third kappa shape index (κ3) is 4.71. The summed E-state index contributed by atoms with van der Waals surface area (Å²) >= 11 is 5.81. The second kappa shape index (κ2) is 6.72. The molecule has 0 aliphatic rings. The number of nitrogens with two attached hydrogens (primary N) is 1. The maximum absolute atomic E-state index is 11.2. The number of hydrogen-bond acceptors (Lipinski definition) is 4. The number of carbonyl (C=O) groups excluding carboxylic acids is 2. The van der Waals surface area contributed by atoms with E-state index in [9.17, 15) is 9.59 Å². The van der Waals surface area contributed by atoms with Crippen LogP contribution < -0.4 is 21.3 Å². The summed E-state index contributed by atoms with van der Waals surface area (Å²) in [6.45, 7) is -0.458. The molecule has 0 aliphatic carbocycles. The van der Waals surface area contributed by atoms with E-state index in [0.29, 0.717) is 10.8 Å². The third-order valence-electron chi connectivity index (χ3n) is 1.72. The third-order valence-corrected chi connectivity index (χ3v) is 2.03. The Morgan fingerprint density at radius 3 is 2.53 bits per heavy atom. The van der Waals surface area contributed by atoms with Crippen molar-refractivity contribution < 1.29 is 14.3 Å². The van der Waals surface area contributed by atoms with E-state index >= 15 is 0 Å². The van der Waals surface area contributed by atoms with E-state index in [4.69, 9.17) is 22.1 Å². The minimum absolute atomic E-state index is 0.203. The molecule has 17 heavy (non-hydrogen) atoms. The van der Waals surface area contributed by atoms with Crippen LogP contribution in [0.5, 0.6) is 5.75 Å². The summed E-state index contributed by atoms with van der Waals surface area (Å²) in [6, 6.07) is 6.76. The molecular weight excluding hydrogens is 246 g/mol. The number of nitrogens with one attached hydrogen (secondary N) is 2. The highest BCUT2D eigenvalue weighted by Crippen LogP contribution is 2.22. The zero-order chi connectivity index (χ0) is 12.7. The Morgan fingerprint density at radius 2 is 1.88 bits per heavy atom. The molecular formula is C10H12ClN3O3. The van der Waals surface area contributed by atoms with Crippen molar-refractivity contribution in [1.29, 1.82) is 0 Å². The van der Waals surface area contributed by atoms with E-state index in [0.717, 1.165) is 0 Å². The first-order chi connectivity index (χ1) is 8.13. The van der Waals surface area contributed by atoms with Gasteiger partial charge in [0, 0.05) is 0 Å². The van der Waals surface area contributed by atoms with Crippen LogP contribution in [0, 0.1) is 0 Å². The van der Waals surface area contributed by atoms with Gasteiger partial charge in [-0.15, -0.1) is 0 Å². The maximum Gasteiger partial charge on any atom is 0.276 e. The zero-order valence-corrected chi connectivity index (χ0v) is 9.66. The number of benzene rings is 1. The summed E-state index contributed by atoms with van der Waals surface area (Å²) in [5.41, 5.74) is 9.27. The largest absolute Gasteiger partial charge is 0.482 e. The summed E-state index contributed by atoms with van der Waals surface area (Å²) in [5, 5.41) is 0.409. The van der Waals surface area contributed by atoms with Crippen molar-refractivity contribution in [1.82, 2.24) is 10.9 Å². The van der Waals surface area contributed by atoms with Crippen LogP contribution in [-0.2, 0) is 9.59 Å². The van der Waals surface area contributed by atoms with E-state index in [1.807, 2.05) is 0 Å². The number of carbonyl (C=O) groups is 2. The van der Waals surface area contributed by atoms with Gasteiger partial charge in [-0.25, -0.2) is 0 Å². The maximum atomic E-state index is 11.2. The summed E-state index contributed by atoms with van der Waals surface area (Å²) in [7, 11) is 0. The van der Waals surface area contributed by atoms with Gasteiger partial charge in [-0.1, -0.05) is 23.7 Å². The molecule has 1 aromatic rings. The van der Waals surface area contributed by atoms with Gasteiger partial charge in [0.25, 0.3) is 11.8 Å². The molecule has 0 aromatic heterocycles. The number of ether oxygens (including phenoxy) is 1. The van der Waals surface area contributed by atoms with Gasteiger partial charge >= 0.3 is 0 Å². The average molecular weight is 258 g/mol. The highest BCUT2D eigenvalue weighted by atomic mass is 35.5. The van der Waals surface area contributed by atoms with E-state index in [1.165, 1.54) is 0 Å². The molecule has 0 aliphatic heterocycles. The van der Waals surface area contributed by atoms with Crippen LogP contribution in [0.3, 0.4) is 0 Å². The van der Waals surface area contributed by atoms with Crippen LogP contribution in [0.15, 0.2) is 24.3 Å². The van der Waals surface area contributed by atoms with E-state index in [2.05, 4.69) is 10.9 Å². The lowest BCUT2D eigenvalue weighted by atomic mass is 10.3. The molecule has 0 radical (unpaired) electrons. The van der Waals surface area contributed by atoms with Crippen molar-refractivity contribution in [2.24, 2.45) is 5.73 Å². The van der Waals surface area contributed by atoms with Crippen LogP contribution >= 0.6 is 11.6 Å². The fraction of sp³-hybridized carbons (Fsp3) is 0.200. The average Bonchev–Trinajstić information content (AvgIpc) is 2.35. The zero-order valence-electron chi connectivity index (χ0n) is 8.90. The second-order valence-corrected chi connectivity index (χ2v) is 3.43. The number of rotatable bonds is 4. The fourth-order valence-corrected chi connectivity index (χ4v) is 1.12. The van der Waals surface area contributed by atoms with E-state index < -0.39 is 11.8 Å². The van der Waals surface area contributed by atoms with Gasteiger partial charge in [-0.2, -0.15) is 0 Å². The van der Waals surface area contributed by atoms with Gasteiger partial charge in [-0.3, -0.25) is 20.4 Å². The highest BCUT2D eigenvalue weighted by Gasteiger charge is 2.05. The van der Waals surface area contributed by atoms with E-state index in [1.54, 1.807) is 24.3 Å². The monoisotopic (exact) mass is 257 g/mol. The predicted octanol–water partition coefficient (Wildman–Crippen LogP) is -0.175. The molecule has 6 nitrogen and oxygen atoms in total. The molecule has 0 saturated heterocycles. The Labute approximate surface area is 103 Å². The fourth-order valence-electron chi connectivity index (χ4n) is 0.932. The summed E-state index contributed by atoms with van der Waals surface area (Å²) in [5.74, 6) is -0.600. The molecule has 0 saturated carbocycles. The van der Waals surface area contributed by atoms with Gasteiger partial charge in [0.2, 0.25) is 0 Å². The topological polar surface area (TPSA) is 93.5 Å². The molecule has 1 rings (SSSR count). The van der Waals surface area contributed by atoms with Gasteiger partial charge in [0.05, 0.1) is 11.6 Å². The van der Waals surface area contributed by atoms with Crippen molar-refractivity contribution in [3.8, 4) is 5.75 Å². The summed E-state index contributed by atoms with van der Waals surface area (Å²) < 4.78 is 5.14. The molecule has 0 bridgehead atoms. The van der Waals surface area contributed by atoms with Gasteiger partial charge in [0.15, 0.2) is 6.61 Å². The SMILES string of the molecule is NCC(=O)NNC(=O)COc1ccccc1Cl. The lowest BCUT2D eigenvalue weighted by molar-refractivity contribution is -0.129. The van der Waals surface area contributed by atoms with Crippen LogP contribution in [-0.4, -0.2) is 25.0 Å². The predicted molar refractivity (Wildman–Crippen MR) is 62.3 cm³/mol. The molecule has 0 unspecified atom stereocenters. The number of para-hydroxylation sites is 1. The second-order valence-electron chi connectivity index (χ2n) is 3.02. The minimum atomic E-state index is -0.508. The molecule has 1 aromatic carbocycles. The number of halogens is 1. The first-order valence-corrected chi connectivity index (χ1v) is 5.16. The van der Waals surface area contributed by atoms with E-state index in [-0.39, 0.29) is 13.2 Å². The summed E-state index contributed by atoms with van der Waals surface area (Å²) in [4.78, 5) is 21.9. The van der Waals surface area contributed by atoms with Crippen LogP contribution in [0.2, 0.25) is 5.02 Å². The molecule has 0 heterocycles. The Kier molecular flexibility index (Phi) is 5.25. The lowest BCUT2D eigenvalue weighted by Gasteiger charge is -2.08. The van der Waals surface area contributed by atoms with Crippen LogP contribution in [0.1, 0.15) is 0 Å². The summed E-state index contributed by atoms with van der Waals surface area (Å²) in [6.07, 6.45) is 0. The first kappa shape index (κ1) is 13.3. The van der Waals surface area contributed by atoms with Gasteiger partial charge in [0.1, 0.15) is 5.75 Å². The normalized spacial score (nSPS) is 9.53. The highest BCUT2D eigenvalue weighted by molar-refractivity contribution is 6.32. The molecule has 0 spiro atoms. The Bertz CT molecular complexity index is 412. The molecule has 92 valence electrons. The smallest absolute Gasteiger partial charge is 0.276 e. The van der Waals surface area contributed by atoms with Crippen LogP contribution in [0.25, 0.3) is 0 Å². The molecule has 4 N–H and O–H groups in total. The van der Waals surface area contributed by atoms with Gasteiger partial charge < -0.3 is 10.5 Å².